The van der Waals surface area contributed by atoms with Gasteiger partial charge in [-0.15, -0.1) is 0 Å². The Bertz CT molecular complexity index is 1540. The van der Waals surface area contributed by atoms with E-state index in [0.717, 1.165) is 22.5 Å². The summed E-state index contributed by atoms with van der Waals surface area (Å²) in [6.45, 7) is 2.61. The molecule has 1 heterocycles. The Labute approximate surface area is 231 Å². The zero-order chi connectivity index (χ0) is 26.5. The van der Waals surface area contributed by atoms with Crippen LogP contribution in [0.5, 0.6) is 11.6 Å². The fourth-order valence-electron chi connectivity index (χ4n) is 4.18. The van der Waals surface area contributed by atoms with Gasteiger partial charge < -0.3 is 9.64 Å². The summed E-state index contributed by atoms with van der Waals surface area (Å²) < 4.78 is 8.14. The molecule has 0 unspecified atom stereocenters. The van der Waals surface area contributed by atoms with Crippen molar-refractivity contribution in [2.24, 2.45) is 0 Å². The maximum Gasteiger partial charge on any atom is 0.254 e. The minimum absolute atomic E-state index is 0.119. The Hall–Kier alpha value is -4.06. The minimum Gasteiger partial charge on any atom is -0.439 e. The molecule has 0 spiro atoms. The zero-order valence-corrected chi connectivity index (χ0v) is 22.2. The van der Waals surface area contributed by atoms with Gasteiger partial charge in [0.15, 0.2) is 0 Å². The van der Waals surface area contributed by atoms with Gasteiger partial charge in [0.25, 0.3) is 5.91 Å². The van der Waals surface area contributed by atoms with Gasteiger partial charge in [0.1, 0.15) is 5.75 Å². The Morgan fingerprint density at radius 3 is 2.18 bits per heavy atom. The van der Waals surface area contributed by atoms with Gasteiger partial charge in [-0.25, -0.2) is 4.68 Å². The third-order valence-corrected chi connectivity index (χ3v) is 6.58. The molecule has 4 aromatic carbocycles. The number of amides is 1. The summed E-state index contributed by atoms with van der Waals surface area (Å²) in [5.41, 5.74) is 3.87. The van der Waals surface area contributed by atoms with E-state index in [2.05, 4.69) is 0 Å². The highest BCUT2D eigenvalue weighted by Crippen LogP contribution is 2.33. The van der Waals surface area contributed by atoms with E-state index in [9.17, 15) is 4.79 Å². The molecule has 5 rings (SSSR count). The first-order valence-corrected chi connectivity index (χ1v) is 12.9. The number of rotatable bonds is 8. The fraction of sp³-hybridized carbons (Fsp3) is 0.0968. The van der Waals surface area contributed by atoms with Crippen LogP contribution in [0.25, 0.3) is 5.69 Å². The van der Waals surface area contributed by atoms with Crippen LogP contribution >= 0.6 is 23.2 Å². The van der Waals surface area contributed by atoms with Gasteiger partial charge in [-0.3, -0.25) is 4.79 Å². The molecule has 0 bridgehead atoms. The molecule has 0 aliphatic rings. The third kappa shape index (κ3) is 5.91. The van der Waals surface area contributed by atoms with E-state index in [4.69, 9.17) is 33.0 Å². The van der Waals surface area contributed by atoms with Crippen LogP contribution in [0.1, 0.15) is 27.2 Å². The third-order valence-electron chi connectivity index (χ3n) is 6.09. The highest BCUT2D eigenvalue weighted by molar-refractivity contribution is 6.31. The highest BCUT2D eigenvalue weighted by Gasteiger charge is 2.25. The Morgan fingerprint density at radius 2 is 1.50 bits per heavy atom. The summed E-state index contributed by atoms with van der Waals surface area (Å²) in [6.07, 6.45) is 0. The molecular weight excluding hydrogens is 517 g/mol. The molecule has 0 radical (unpaired) electrons. The van der Waals surface area contributed by atoms with Crippen molar-refractivity contribution in [2.45, 2.75) is 20.0 Å². The SMILES string of the molecule is Cc1nn(-c2cccc(Cl)c2)c(Oc2ccccc2)c1CN(Cc1ccccc1)C(=O)c1ccc(Cl)cc1. The van der Waals surface area contributed by atoms with Crippen LogP contribution in [0.2, 0.25) is 10.0 Å². The van der Waals surface area contributed by atoms with E-state index in [1.165, 1.54) is 0 Å². The van der Waals surface area contributed by atoms with Crippen LogP contribution in [0.3, 0.4) is 0 Å². The maximum absolute atomic E-state index is 13.8. The summed E-state index contributed by atoms with van der Waals surface area (Å²) in [6, 6.07) is 33.8. The number of carbonyl (C=O) groups is 1. The Balaban J connectivity index is 1.58. The maximum atomic E-state index is 13.8. The zero-order valence-electron chi connectivity index (χ0n) is 20.7. The highest BCUT2D eigenvalue weighted by atomic mass is 35.5. The molecule has 1 amide bonds. The lowest BCUT2D eigenvalue weighted by molar-refractivity contribution is 0.0729. The molecule has 0 saturated carbocycles. The van der Waals surface area contributed by atoms with Crippen molar-refractivity contribution in [3.05, 3.63) is 142 Å². The van der Waals surface area contributed by atoms with E-state index in [1.54, 1.807) is 33.8 Å². The van der Waals surface area contributed by atoms with Crippen LogP contribution in [-0.2, 0) is 13.1 Å². The molecule has 0 atom stereocenters. The smallest absolute Gasteiger partial charge is 0.254 e. The summed E-state index contributed by atoms with van der Waals surface area (Å²) in [5.74, 6) is 1.07. The van der Waals surface area contributed by atoms with Crippen molar-refractivity contribution in [3.63, 3.8) is 0 Å². The van der Waals surface area contributed by atoms with Crippen LogP contribution in [0, 0.1) is 6.92 Å². The Morgan fingerprint density at radius 1 is 0.816 bits per heavy atom. The number of aryl methyl sites for hydroxylation is 1. The van der Waals surface area contributed by atoms with E-state index in [1.807, 2.05) is 91.9 Å². The van der Waals surface area contributed by atoms with Crippen molar-refractivity contribution >= 4 is 29.1 Å². The molecule has 190 valence electrons. The monoisotopic (exact) mass is 541 g/mol. The normalized spacial score (nSPS) is 10.8. The van der Waals surface area contributed by atoms with Gasteiger partial charge in [-0.2, -0.15) is 5.10 Å². The number of nitrogens with zero attached hydrogens (tertiary/aromatic N) is 3. The second kappa shape index (κ2) is 11.5. The number of aromatic nitrogens is 2. The van der Waals surface area contributed by atoms with Crippen molar-refractivity contribution in [1.29, 1.82) is 0 Å². The number of hydrogen-bond acceptors (Lipinski definition) is 3. The molecule has 0 N–H and O–H groups in total. The molecule has 0 fully saturated rings. The standard InChI is InChI=1S/C31H25Cl2N3O2/c1-22-29(21-35(20-23-9-4-2-5-10-23)30(37)24-15-17-25(32)18-16-24)31(38-28-13-6-3-7-14-28)36(34-22)27-12-8-11-26(33)19-27/h2-19H,20-21H2,1H3. The molecule has 5 nitrogen and oxygen atoms in total. The van der Waals surface area contributed by atoms with Gasteiger partial charge in [0.05, 0.1) is 23.5 Å². The number of hydrogen-bond donors (Lipinski definition) is 0. The summed E-state index contributed by atoms with van der Waals surface area (Å²) in [7, 11) is 0. The van der Waals surface area contributed by atoms with Gasteiger partial charge in [-0.05, 0) is 67.1 Å². The summed E-state index contributed by atoms with van der Waals surface area (Å²) in [5, 5.41) is 5.97. The van der Waals surface area contributed by atoms with Crippen molar-refractivity contribution in [1.82, 2.24) is 14.7 Å². The van der Waals surface area contributed by atoms with Gasteiger partial charge >= 0.3 is 0 Å². The fourth-order valence-corrected chi connectivity index (χ4v) is 4.49. The van der Waals surface area contributed by atoms with Gasteiger partial charge in [-0.1, -0.05) is 77.8 Å². The average Bonchev–Trinajstić information content (AvgIpc) is 3.24. The number of ether oxygens (including phenoxy) is 1. The predicted octanol–water partition coefficient (Wildman–Crippen LogP) is 8.12. The summed E-state index contributed by atoms with van der Waals surface area (Å²) in [4.78, 5) is 15.6. The van der Waals surface area contributed by atoms with Crippen molar-refractivity contribution in [2.75, 3.05) is 0 Å². The number of halogens is 2. The van der Waals surface area contributed by atoms with Crippen LogP contribution in [0.4, 0.5) is 0 Å². The largest absolute Gasteiger partial charge is 0.439 e. The van der Waals surface area contributed by atoms with E-state index < -0.39 is 0 Å². The molecule has 1 aromatic heterocycles. The van der Waals surface area contributed by atoms with Crippen LogP contribution in [-0.4, -0.2) is 20.6 Å². The summed E-state index contributed by atoms with van der Waals surface area (Å²) >= 11 is 12.4. The first kappa shape index (κ1) is 25.6. The quantitative estimate of drug-likeness (QED) is 0.199. The number of carbonyl (C=O) groups excluding carboxylic acids is 1. The molecular formula is C31H25Cl2N3O2. The molecule has 0 saturated heterocycles. The lowest BCUT2D eigenvalue weighted by Crippen LogP contribution is -2.30. The first-order chi connectivity index (χ1) is 18.5. The van der Waals surface area contributed by atoms with E-state index in [0.29, 0.717) is 33.8 Å². The molecule has 7 heteroatoms. The van der Waals surface area contributed by atoms with Crippen LogP contribution < -0.4 is 4.74 Å². The first-order valence-electron chi connectivity index (χ1n) is 12.1. The lowest BCUT2D eigenvalue weighted by Gasteiger charge is -2.24. The topological polar surface area (TPSA) is 47.4 Å². The molecule has 0 aliphatic heterocycles. The van der Waals surface area contributed by atoms with Gasteiger partial charge in [0.2, 0.25) is 5.88 Å². The second-order valence-electron chi connectivity index (χ2n) is 8.83. The van der Waals surface area contributed by atoms with E-state index >= 15 is 0 Å². The van der Waals surface area contributed by atoms with Crippen LogP contribution in [0.15, 0.2) is 109 Å². The van der Waals surface area contributed by atoms with Crippen molar-refractivity contribution in [3.8, 4) is 17.3 Å². The van der Waals surface area contributed by atoms with E-state index in [-0.39, 0.29) is 12.5 Å². The average molecular weight is 542 g/mol. The Kier molecular flexibility index (Phi) is 7.78. The van der Waals surface area contributed by atoms with Gasteiger partial charge in [0, 0.05) is 22.2 Å². The second-order valence-corrected chi connectivity index (χ2v) is 9.70. The molecule has 0 aliphatic carbocycles. The minimum atomic E-state index is -0.119. The van der Waals surface area contributed by atoms with Crippen molar-refractivity contribution < 1.29 is 9.53 Å². The predicted molar refractivity (Wildman–Crippen MR) is 151 cm³/mol. The molecule has 38 heavy (non-hydrogen) atoms. The molecule has 5 aromatic rings. The number of para-hydroxylation sites is 1. The number of benzene rings is 4. The lowest BCUT2D eigenvalue weighted by atomic mass is 10.1.